The number of rotatable bonds is 5. The molecule has 9 nitrogen and oxygen atoms in total. The Balaban J connectivity index is 1.81. The van der Waals surface area contributed by atoms with Crippen LogP contribution in [0.1, 0.15) is 24.1 Å². The summed E-state index contributed by atoms with van der Waals surface area (Å²) in [4.78, 5) is 42.6. The van der Waals surface area contributed by atoms with E-state index in [0.717, 1.165) is 27.7 Å². The molecule has 192 valence electrons. The molecule has 0 aliphatic carbocycles. The van der Waals surface area contributed by atoms with E-state index < -0.39 is 22.5 Å². The van der Waals surface area contributed by atoms with Crippen molar-refractivity contribution in [2.75, 3.05) is 14.2 Å². The molecule has 0 saturated heterocycles. The van der Waals surface area contributed by atoms with Gasteiger partial charge in [0, 0.05) is 11.6 Å². The van der Waals surface area contributed by atoms with Crippen LogP contribution in [-0.2, 0) is 9.53 Å². The summed E-state index contributed by atoms with van der Waals surface area (Å²) in [6, 6.07) is 14.7. The first-order chi connectivity index (χ1) is 18.2. The lowest BCUT2D eigenvalue weighted by Crippen LogP contribution is -2.39. The van der Waals surface area contributed by atoms with Crippen LogP contribution in [0.3, 0.4) is 0 Å². The Morgan fingerprint density at radius 1 is 1.18 bits per heavy atom. The van der Waals surface area contributed by atoms with Gasteiger partial charge in [-0.15, -0.1) is 0 Å². The molecule has 5 rings (SSSR count). The van der Waals surface area contributed by atoms with Crippen LogP contribution in [0.25, 0.3) is 16.8 Å². The van der Waals surface area contributed by atoms with Crippen LogP contribution in [0.2, 0.25) is 5.02 Å². The van der Waals surface area contributed by atoms with Crippen molar-refractivity contribution in [2.45, 2.75) is 13.0 Å². The fraction of sp³-hybridized carbons (Fsp3) is 0.148. The smallest absolute Gasteiger partial charge is 0.338 e. The van der Waals surface area contributed by atoms with Gasteiger partial charge in [-0.05, 0) is 41.5 Å². The molecule has 38 heavy (non-hydrogen) atoms. The molecule has 4 aromatic rings. The standard InChI is InChI=1S/C27H20ClN3O6S/c1-14-23(26(33)37-3)24(16-8-10-19(28)20(12-16)31(34)35)30-25(32)22(38-27(30)29-14)13-18-17-7-5-4-6-15(17)9-11-21(18)36-2/h4-13,24H,1-3H3. The molecule has 0 N–H and O–H groups in total. The summed E-state index contributed by atoms with van der Waals surface area (Å²) in [5, 5.41) is 13.4. The monoisotopic (exact) mass is 549 g/mol. The zero-order valence-electron chi connectivity index (χ0n) is 20.4. The number of fused-ring (bicyclic) bond motifs is 2. The van der Waals surface area contributed by atoms with E-state index >= 15 is 0 Å². The normalized spacial score (nSPS) is 15.3. The van der Waals surface area contributed by atoms with E-state index in [1.807, 2.05) is 36.4 Å². The second-order valence-corrected chi connectivity index (χ2v) is 9.86. The number of hydrogen-bond acceptors (Lipinski definition) is 8. The van der Waals surface area contributed by atoms with E-state index in [0.29, 0.717) is 26.3 Å². The lowest BCUT2D eigenvalue weighted by atomic mass is 9.95. The summed E-state index contributed by atoms with van der Waals surface area (Å²) in [6.45, 7) is 1.63. The number of nitrogens with zero attached hydrogens (tertiary/aromatic N) is 3. The molecule has 0 saturated carbocycles. The van der Waals surface area contributed by atoms with Crippen LogP contribution < -0.4 is 19.6 Å². The van der Waals surface area contributed by atoms with Gasteiger partial charge in [0.2, 0.25) is 0 Å². The molecule has 0 bridgehead atoms. The van der Waals surface area contributed by atoms with Crippen LogP contribution in [0.5, 0.6) is 5.75 Å². The zero-order valence-corrected chi connectivity index (χ0v) is 22.0. The van der Waals surface area contributed by atoms with Crippen molar-refractivity contribution < 1.29 is 19.2 Å². The summed E-state index contributed by atoms with van der Waals surface area (Å²) in [5.41, 5.74) is 0.733. The Kier molecular flexibility index (Phi) is 6.60. The number of esters is 1. The van der Waals surface area contributed by atoms with E-state index in [4.69, 9.17) is 21.1 Å². The van der Waals surface area contributed by atoms with E-state index in [1.54, 1.807) is 26.2 Å². The van der Waals surface area contributed by atoms with Crippen LogP contribution >= 0.6 is 22.9 Å². The van der Waals surface area contributed by atoms with Gasteiger partial charge < -0.3 is 9.47 Å². The minimum Gasteiger partial charge on any atom is -0.496 e. The molecule has 3 aromatic carbocycles. The Labute approximate surface area is 224 Å². The average molecular weight is 550 g/mol. The van der Waals surface area contributed by atoms with E-state index in [2.05, 4.69) is 4.99 Å². The van der Waals surface area contributed by atoms with Gasteiger partial charge in [-0.3, -0.25) is 19.5 Å². The van der Waals surface area contributed by atoms with Gasteiger partial charge in [0.25, 0.3) is 11.2 Å². The summed E-state index contributed by atoms with van der Waals surface area (Å²) in [5.74, 6) is -0.107. The maximum atomic E-state index is 13.9. The molecule has 1 aliphatic rings. The fourth-order valence-electron chi connectivity index (χ4n) is 4.58. The lowest BCUT2D eigenvalue weighted by Gasteiger charge is -2.24. The van der Waals surface area contributed by atoms with E-state index in [1.165, 1.54) is 23.8 Å². The number of carbonyl (C=O) groups is 1. The largest absolute Gasteiger partial charge is 0.496 e. The second kappa shape index (κ2) is 9.88. The molecule has 1 aromatic heterocycles. The third kappa shape index (κ3) is 4.17. The number of allylic oxidation sites excluding steroid dienone is 1. The van der Waals surface area contributed by atoms with Gasteiger partial charge >= 0.3 is 5.97 Å². The number of nitro groups is 1. The molecule has 0 spiro atoms. The van der Waals surface area contributed by atoms with Gasteiger partial charge in [-0.2, -0.15) is 0 Å². The molecule has 1 aliphatic heterocycles. The lowest BCUT2D eigenvalue weighted by molar-refractivity contribution is -0.384. The molecule has 2 heterocycles. The van der Waals surface area contributed by atoms with Crippen LogP contribution in [0, 0.1) is 10.1 Å². The van der Waals surface area contributed by atoms with Gasteiger partial charge in [0.15, 0.2) is 4.80 Å². The van der Waals surface area contributed by atoms with Crippen molar-refractivity contribution in [3.05, 3.63) is 112 Å². The SMILES string of the molecule is COC(=O)C1=C(C)N=c2sc(=Cc3c(OC)ccc4ccccc34)c(=O)n2C1c1ccc(Cl)c([N+](=O)[O-])c1. The highest BCUT2D eigenvalue weighted by molar-refractivity contribution is 7.07. The van der Waals surface area contributed by atoms with Crippen LogP contribution in [0.15, 0.2) is 75.7 Å². The minimum absolute atomic E-state index is 0.0606. The van der Waals surface area contributed by atoms with Crippen LogP contribution in [0.4, 0.5) is 5.69 Å². The van der Waals surface area contributed by atoms with Crippen molar-refractivity contribution >= 4 is 51.4 Å². The number of aromatic nitrogens is 1. The van der Waals surface area contributed by atoms with Gasteiger partial charge in [-0.25, -0.2) is 9.79 Å². The predicted octanol–water partition coefficient (Wildman–Crippen LogP) is 4.13. The van der Waals surface area contributed by atoms with E-state index in [9.17, 15) is 19.7 Å². The summed E-state index contributed by atoms with van der Waals surface area (Å²) >= 11 is 7.19. The number of benzene rings is 3. The van der Waals surface area contributed by atoms with Crippen molar-refractivity contribution in [1.82, 2.24) is 4.57 Å². The quantitative estimate of drug-likeness (QED) is 0.210. The molecule has 0 fully saturated rings. The highest BCUT2D eigenvalue weighted by atomic mass is 35.5. The first-order valence-electron chi connectivity index (χ1n) is 11.4. The Morgan fingerprint density at radius 3 is 2.66 bits per heavy atom. The molecular formula is C27H20ClN3O6S. The molecule has 1 atom stereocenters. The molecule has 1 unspecified atom stereocenters. The third-order valence-electron chi connectivity index (χ3n) is 6.34. The number of carbonyl (C=O) groups excluding carboxylic acids is 1. The summed E-state index contributed by atoms with van der Waals surface area (Å²) in [6.07, 6.45) is 1.74. The maximum absolute atomic E-state index is 13.9. The fourth-order valence-corrected chi connectivity index (χ4v) is 5.80. The number of halogens is 1. The van der Waals surface area contributed by atoms with Crippen molar-refractivity contribution in [3.63, 3.8) is 0 Å². The van der Waals surface area contributed by atoms with Gasteiger partial charge in [-0.1, -0.05) is 59.3 Å². The first-order valence-corrected chi connectivity index (χ1v) is 12.5. The summed E-state index contributed by atoms with van der Waals surface area (Å²) < 4.78 is 12.3. The van der Waals surface area contributed by atoms with Crippen LogP contribution in [-0.4, -0.2) is 29.7 Å². The third-order valence-corrected chi connectivity index (χ3v) is 7.64. The maximum Gasteiger partial charge on any atom is 0.338 e. The van der Waals surface area contributed by atoms with Crippen molar-refractivity contribution in [1.29, 1.82) is 0 Å². The zero-order chi connectivity index (χ0) is 27.1. The number of nitro benzene ring substituents is 1. The minimum atomic E-state index is -1.01. The predicted molar refractivity (Wildman–Crippen MR) is 144 cm³/mol. The molecule has 11 heteroatoms. The molecule has 0 radical (unpaired) electrons. The Hall–Kier alpha value is -4.28. The number of thiazole rings is 1. The van der Waals surface area contributed by atoms with Gasteiger partial charge in [0.1, 0.15) is 10.8 Å². The second-order valence-electron chi connectivity index (χ2n) is 8.44. The summed E-state index contributed by atoms with van der Waals surface area (Å²) in [7, 11) is 2.78. The van der Waals surface area contributed by atoms with Crippen molar-refractivity contribution in [2.24, 2.45) is 4.99 Å². The highest BCUT2D eigenvalue weighted by Crippen LogP contribution is 2.35. The van der Waals surface area contributed by atoms with E-state index in [-0.39, 0.29) is 16.3 Å². The Bertz CT molecular complexity index is 1860. The number of methoxy groups -OCH3 is 2. The Morgan fingerprint density at radius 2 is 1.95 bits per heavy atom. The van der Waals surface area contributed by atoms with Gasteiger partial charge in [0.05, 0.1) is 41.0 Å². The average Bonchev–Trinajstić information content (AvgIpc) is 3.22. The molecule has 0 amide bonds. The topological polar surface area (TPSA) is 113 Å². The number of hydrogen-bond donors (Lipinski definition) is 0. The molecular weight excluding hydrogens is 530 g/mol. The number of ether oxygens (including phenoxy) is 2. The highest BCUT2D eigenvalue weighted by Gasteiger charge is 2.34. The van der Waals surface area contributed by atoms with Crippen molar-refractivity contribution in [3.8, 4) is 5.75 Å². The first kappa shape index (κ1) is 25.4.